The summed E-state index contributed by atoms with van der Waals surface area (Å²) in [5.41, 5.74) is 0.965. The van der Waals surface area contributed by atoms with Crippen molar-refractivity contribution in [3.63, 3.8) is 0 Å². The molecular weight excluding hydrogens is 326 g/mol. The Kier molecular flexibility index (Phi) is 6.01. The molecule has 6 nitrogen and oxygen atoms in total. The van der Waals surface area contributed by atoms with E-state index in [1.54, 1.807) is 12.1 Å². The molecule has 0 spiro atoms. The second kappa shape index (κ2) is 7.63. The van der Waals surface area contributed by atoms with E-state index in [4.69, 9.17) is 5.14 Å². The number of nitrogens with zero attached hydrogens (tertiary/aromatic N) is 1. The quantitative estimate of drug-likeness (QED) is 0.716. The Bertz CT molecular complexity index is 663. The van der Waals surface area contributed by atoms with E-state index in [1.807, 2.05) is 0 Å². The molecule has 0 atom stereocenters. The van der Waals surface area contributed by atoms with Crippen molar-refractivity contribution >= 4 is 15.9 Å². The smallest absolute Gasteiger partial charge is 0.275 e. The van der Waals surface area contributed by atoms with Crippen LogP contribution in [0.15, 0.2) is 29.2 Å². The minimum absolute atomic E-state index is 0.0630. The molecule has 1 aromatic rings. The zero-order valence-corrected chi connectivity index (χ0v) is 15.3. The van der Waals surface area contributed by atoms with Crippen LogP contribution in [0.3, 0.4) is 0 Å². The molecule has 1 fully saturated rings. The van der Waals surface area contributed by atoms with Crippen LogP contribution >= 0.6 is 0 Å². The summed E-state index contributed by atoms with van der Waals surface area (Å²) in [5, 5.41) is 8.03. The largest absolute Gasteiger partial charge is 0.351 e. The summed E-state index contributed by atoms with van der Waals surface area (Å²) in [6.45, 7) is 1.03. The summed E-state index contributed by atoms with van der Waals surface area (Å²) < 4.78 is 23.2. The van der Waals surface area contributed by atoms with E-state index in [2.05, 4.69) is 19.4 Å². The minimum Gasteiger partial charge on any atom is -0.351 e. The average Bonchev–Trinajstić information content (AvgIpc) is 3.01. The highest BCUT2D eigenvalue weighted by molar-refractivity contribution is 7.89. The summed E-state index contributed by atoms with van der Waals surface area (Å²) in [6, 6.07) is 7.02. The molecule has 0 bridgehead atoms. The van der Waals surface area contributed by atoms with Crippen LogP contribution < -0.4 is 10.5 Å². The lowest BCUT2D eigenvalue weighted by atomic mass is 10.1. The van der Waals surface area contributed by atoms with Crippen LogP contribution in [0, 0.1) is 0 Å². The number of carbonyl (C=O) groups excluding carboxylic acids is 1. The number of primary sulfonamides is 1. The van der Waals surface area contributed by atoms with Crippen molar-refractivity contribution in [1.29, 1.82) is 0 Å². The van der Waals surface area contributed by atoms with E-state index in [0.717, 1.165) is 10.0 Å². The van der Waals surface area contributed by atoms with Gasteiger partial charge in [-0.2, -0.15) is 0 Å². The number of nitrogens with two attached hydrogens (primary N) is 1. The van der Waals surface area contributed by atoms with Gasteiger partial charge in [0.25, 0.3) is 5.91 Å². The van der Waals surface area contributed by atoms with Gasteiger partial charge in [0.05, 0.1) is 25.0 Å². The first kappa shape index (κ1) is 18.9. The van der Waals surface area contributed by atoms with Gasteiger partial charge in [-0.05, 0) is 49.8 Å². The second-order valence-corrected chi connectivity index (χ2v) is 8.73. The predicted molar refractivity (Wildman–Crippen MR) is 93.8 cm³/mol. The van der Waals surface area contributed by atoms with Crippen LogP contribution in [0.1, 0.15) is 31.2 Å². The molecule has 134 valence electrons. The summed E-state index contributed by atoms with van der Waals surface area (Å²) >= 11 is 0. The molecule has 1 aliphatic rings. The molecule has 0 unspecified atom stereocenters. The Morgan fingerprint density at radius 3 is 2.33 bits per heavy atom. The maximum absolute atomic E-state index is 12.2. The summed E-state index contributed by atoms with van der Waals surface area (Å²) in [5.74, 6) is 0.0630. The third-order valence-electron chi connectivity index (χ3n) is 4.85. The molecule has 3 N–H and O–H groups in total. The van der Waals surface area contributed by atoms with Crippen molar-refractivity contribution in [3.05, 3.63) is 29.8 Å². The highest BCUT2D eigenvalue weighted by Crippen LogP contribution is 2.26. The molecule has 0 saturated heterocycles. The lowest BCUT2D eigenvalue weighted by Crippen LogP contribution is -2.53. The van der Waals surface area contributed by atoms with Crippen LogP contribution in [0.25, 0.3) is 0 Å². The highest BCUT2D eigenvalue weighted by atomic mass is 32.2. The van der Waals surface area contributed by atoms with Gasteiger partial charge < -0.3 is 9.80 Å². The molecule has 0 radical (unpaired) electrons. The normalized spacial score (nSPS) is 16.3. The van der Waals surface area contributed by atoms with E-state index in [1.165, 1.54) is 37.8 Å². The fourth-order valence-electron chi connectivity index (χ4n) is 3.35. The number of nitrogens with one attached hydrogen (secondary N) is 1. The number of hydrogen-bond donors (Lipinski definition) is 2. The van der Waals surface area contributed by atoms with Gasteiger partial charge in [0.1, 0.15) is 0 Å². The van der Waals surface area contributed by atoms with Crippen molar-refractivity contribution in [2.24, 2.45) is 5.14 Å². The van der Waals surface area contributed by atoms with Gasteiger partial charge in [0.2, 0.25) is 10.0 Å². The number of amides is 1. The molecule has 2 rings (SSSR count). The molecule has 0 heterocycles. The number of carbonyl (C=O) groups is 1. The maximum atomic E-state index is 12.2. The van der Waals surface area contributed by atoms with Crippen molar-refractivity contribution < 1.29 is 17.7 Å². The summed E-state index contributed by atoms with van der Waals surface area (Å²) in [7, 11) is 0.599. The van der Waals surface area contributed by atoms with E-state index in [-0.39, 0.29) is 10.8 Å². The maximum Gasteiger partial charge on any atom is 0.275 e. The third kappa shape index (κ3) is 5.29. The number of likely N-dealkylation sites (N-methyl/N-ethyl adjacent to an activating group) is 1. The van der Waals surface area contributed by atoms with Crippen molar-refractivity contribution in [2.75, 3.05) is 27.2 Å². The molecular formula is C17H28N3O3S+. The third-order valence-corrected chi connectivity index (χ3v) is 5.78. The second-order valence-electron chi connectivity index (χ2n) is 7.16. The fraction of sp³-hybridized carbons (Fsp3) is 0.588. The fourth-order valence-corrected chi connectivity index (χ4v) is 3.87. The van der Waals surface area contributed by atoms with E-state index < -0.39 is 10.0 Å². The van der Waals surface area contributed by atoms with Crippen LogP contribution in [0.4, 0.5) is 0 Å². The molecule has 1 amide bonds. The Labute approximate surface area is 144 Å². The molecule has 24 heavy (non-hydrogen) atoms. The standard InChI is InChI=1S/C17H27N3O3S/c1-20(2,15-5-3-4-6-15)13-17(21)19-12-11-14-7-9-16(10-8-14)24(18,22)23/h7-10,15H,3-6,11-13H2,1-2H3,(H2-,18,19,21,22,23)/p+1. The molecule has 1 aliphatic carbocycles. The molecule has 0 aliphatic heterocycles. The van der Waals surface area contributed by atoms with E-state index in [0.29, 0.717) is 25.6 Å². The average molecular weight is 354 g/mol. The number of sulfonamides is 1. The lowest BCUT2D eigenvalue weighted by Gasteiger charge is -2.35. The Hall–Kier alpha value is -1.44. The molecule has 0 aromatic heterocycles. The Morgan fingerprint density at radius 1 is 1.21 bits per heavy atom. The van der Waals surface area contributed by atoms with E-state index >= 15 is 0 Å². The van der Waals surface area contributed by atoms with Crippen LogP contribution in [-0.2, 0) is 21.2 Å². The van der Waals surface area contributed by atoms with Crippen molar-refractivity contribution in [1.82, 2.24) is 5.32 Å². The van der Waals surface area contributed by atoms with Crippen molar-refractivity contribution in [2.45, 2.75) is 43.0 Å². The van der Waals surface area contributed by atoms with Crippen LogP contribution in [0.2, 0.25) is 0 Å². The number of rotatable bonds is 7. The number of hydrogen-bond acceptors (Lipinski definition) is 3. The Morgan fingerprint density at radius 2 is 1.79 bits per heavy atom. The first-order valence-corrected chi connectivity index (χ1v) is 9.94. The van der Waals surface area contributed by atoms with E-state index in [9.17, 15) is 13.2 Å². The highest BCUT2D eigenvalue weighted by Gasteiger charge is 2.32. The van der Waals surface area contributed by atoms with Gasteiger partial charge in [-0.1, -0.05) is 12.1 Å². The summed E-state index contributed by atoms with van der Waals surface area (Å²) in [6.07, 6.45) is 5.60. The molecule has 1 aromatic carbocycles. The van der Waals surface area contributed by atoms with Gasteiger partial charge in [0.15, 0.2) is 6.54 Å². The zero-order valence-electron chi connectivity index (χ0n) is 14.5. The van der Waals surface area contributed by atoms with Crippen LogP contribution in [0.5, 0.6) is 0 Å². The first-order chi connectivity index (χ1) is 11.2. The SMILES string of the molecule is C[N+](C)(CC(=O)NCCc1ccc(S(N)(=O)=O)cc1)C1CCCC1. The predicted octanol–water partition coefficient (Wildman–Crippen LogP) is 1.01. The first-order valence-electron chi connectivity index (χ1n) is 8.39. The van der Waals surface area contributed by atoms with Gasteiger partial charge >= 0.3 is 0 Å². The Balaban J connectivity index is 1.78. The molecule has 7 heteroatoms. The summed E-state index contributed by atoms with van der Waals surface area (Å²) in [4.78, 5) is 12.3. The van der Waals surface area contributed by atoms with Crippen molar-refractivity contribution in [3.8, 4) is 0 Å². The van der Waals surface area contributed by atoms with Crippen LogP contribution in [-0.4, -0.2) is 52.0 Å². The van der Waals surface area contributed by atoms with Gasteiger partial charge in [-0.15, -0.1) is 0 Å². The monoisotopic (exact) mass is 354 g/mol. The minimum atomic E-state index is -3.65. The molecule has 1 saturated carbocycles. The topological polar surface area (TPSA) is 89.3 Å². The number of quaternary nitrogens is 1. The van der Waals surface area contributed by atoms with Gasteiger partial charge in [-0.25, -0.2) is 13.6 Å². The van der Waals surface area contributed by atoms with Gasteiger partial charge in [0, 0.05) is 6.54 Å². The van der Waals surface area contributed by atoms with Gasteiger partial charge in [-0.3, -0.25) is 4.79 Å². The zero-order chi connectivity index (χ0) is 17.8. The number of benzene rings is 1. The lowest BCUT2D eigenvalue weighted by molar-refractivity contribution is -0.906.